The summed E-state index contributed by atoms with van der Waals surface area (Å²) in [6.45, 7) is 4.15. The summed E-state index contributed by atoms with van der Waals surface area (Å²) in [5.74, 6) is 1.73. The molecule has 1 saturated carbocycles. The molecule has 0 spiro atoms. The van der Waals surface area contributed by atoms with Crippen molar-refractivity contribution >= 4 is 33.1 Å². The lowest BCUT2D eigenvalue weighted by molar-refractivity contribution is 0.525. The lowest BCUT2D eigenvalue weighted by atomic mass is 10.1. The summed E-state index contributed by atoms with van der Waals surface area (Å²) in [4.78, 5) is 11.6. The number of aryl methyl sites for hydroxylation is 1. The van der Waals surface area contributed by atoms with Crippen LogP contribution in [0.1, 0.15) is 43.1 Å². The van der Waals surface area contributed by atoms with Gasteiger partial charge in [0.05, 0.1) is 5.69 Å². The maximum absolute atomic E-state index is 4.71. The van der Waals surface area contributed by atoms with Crippen molar-refractivity contribution in [3.8, 4) is 0 Å². The molecule has 5 nitrogen and oxygen atoms in total. The van der Waals surface area contributed by atoms with E-state index in [0.717, 1.165) is 47.7 Å². The largest absolute Gasteiger partial charge is 0.359 e. The van der Waals surface area contributed by atoms with Gasteiger partial charge in [-0.2, -0.15) is 4.37 Å². The van der Waals surface area contributed by atoms with E-state index in [1.807, 2.05) is 6.92 Å². The van der Waals surface area contributed by atoms with Gasteiger partial charge in [-0.3, -0.25) is 0 Å². The fourth-order valence-electron chi connectivity index (χ4n) is 2.67. The molecule has 0 amide bonds. The Bertz CT molecular complexity index is 610. The first-order valence-corrected chi connectivity index (χ1v) is 9.20. The topological polar surface area (TPSA) is 53.9 Å². The van der Waals surface area contributed by atoms with Gasteiger partial charge in [0.1, 0.15) is 5.82 Å². The minimum absolute atomic E-state index is 0.530. The normalized spacial score (nSPS) is 20.0. The smallest absolute Gasteiger partial charge is 0.205 e. The molecule has 2 aliphatic rings. The number of nitrogens with one attached hydrogen (secondary N) is 1. The van der Waals surface area contributed by atoms with E-state index in [2.05, 4.69) is 25.0 Å². The van der Waals surface area contributed by atoms with Crippen LogP contribution in [-0.4, -0.2) is 33.5 Å². The maximum atomic E-state index is 4.71. The van der Waals surface area contributed by atoms with Crippen LogP contribution in [0.3, 0.4) is 0 Å². The Balaban J connectivity index is 1.33. The molecule has 2 aromatic heterocycles. The summed E-state index contributed by atoms with van der Waals surface area (Å²) < 4.78 is 4.51. The molecule has 1 N–H and O–H groups in total. The van der Waals surface area contributed by atoms with Gasteiger partial charge in [-0.15, -0.1) is 11.3 Å². The van der Waals surface area contributed by atoms with Crippen LogP contribution in [-0.2, 0) is 0 Å². The predicted molar refractivity (Wildman–Crippen MR) is 87.6 cm³/mol. The summed E-state index contributed by atoms with van der Waals surface area (Å²) in [6, 6.07) is 0.530. The first-order valence-electron chi connectivity index (χ1n) is 7.55. The number of piperidine rings is 1. The van der Waals surface area contributed by atoms with Gasteiger partial charge in [0, 0.05) is 42.0 Å². The monoisotopic (exact) mass is 321 g/mol. The molecule has 0 bridgehead atoms. The summed E-state index contributed by atoms with van der Waals surface area (Å²) in [5, 5.41) is 7.82. The highest BCUT2D eigenvalue weighted by Crippen LogP contribution is 2.40. The highest BCUT2D eigenvalue weighted by atomic mass is 32.1. The lowest BCUT2D eigenvalue weighted by Crippen LogP contribution is -2.39. The van der Waals surface area contributed by atoms with Crippen molar-refractivity contribution in [2.45, 2.75) is 44.6 Å². The molecule has 0 unspecified atom stereocenters. The summed E-state index contributed by atoms with van der Waals surface area (Å²) >= 11 is 3.26. The number of rotatable bonds is 4. The second kappa shape index (κ2) is 5.53. The van der Waals surface area contributed by atoms with Gasteiger partial charge in [0.15, 0.2) is 5.13 Å². The van der Waals surface area contributed by atoms with E-state index < -0.39 is 0 Å². The van der Waals surface area contributed by atoms with Crippen LogP contribution in [0.4, 0.5) is 10.3 Å². The van der Waals surface area contributed by atoms with Crippen LogP contribution in [0.25, 0.3) is 0 Å². The quantitative estimate of drug-likeness (QED) is 0.937. The zero-order chi connectivity index (χ0) is 14.2. The molecule has 4 rings (SSSR count). The second-order valence-corrected chi connectivity index (χ2v) is 7.50. The van der Waals surface area contributed by atoms with Crippen LogP contribution in [0, 0.1) is 6.92 Å². The number of hydrogen-bond donors (Lipinski definition) is 1. The van der Waals surface area contributed by atoms with Crippen molar-refractivity contribution in [2.75, 3.05) is 23.3 Å². The Morgan fingerprint density at radius 3 is 2.67 bits per heavy atom. The molecule has 1 saturated heterocycles. The zero-order valence-electron chi connectivity index (χ0n) is 12.1. The van der Waals surface area contributed by atoms with Crippen LogP contribution in [0.2, 0.25) is 0 Å². The van der Waals surface area contributed by atoms with Crippen molar-refractivity contribution in [1.29, 1.82) is 0 Å². The molecular formula is C14H19N5S2. The van der Waals surface area contributed by atoms with Gasteiger partial charge in [-0.25, -0.2) is 9.97 Å². The minimum Gasteiger partial charge on any atom is -0.359 e. The van der Waals surface area contributed by atoms with Crippen molar-refractivity contribution in [1.82, 2.24) is 14.3 Å². The van der Waals surface area contributed by atoms with Crippen molar-refractivity contribution < 1.29 is 0 Å². The average Bonchev–Trinajstić information content (AvgIpc) is 3.09. The van der Waals surface area contributed by atoms with E-state index in [1.165, 1.54) is 12.8 Å². The average molecular weight is 321 g/mol. The fraction of sp³-hybridized carbons (Fsp3) is 0.643. The Labute approximate surface area is 132 Å². The van der Waals surface area contributed by atoms with Crippen LogP contribution in [0.15, 0.2) is 5.38 Å². The van der Waals surface area contributed by atoms with Crippen molar-refractivity contribution in [3.63, 3.8) is 0 Å². The summed E-state index contributed by atoms with van der Waals surface area (Å²) in [7, 11) is 0. The molecule has 0 aromatic carbocycles. The molecular weight excluding hydrogens is 302 g/mol. The molecule has 0 radical (unpaired) electrons. The first kappa shape index (κ1) is 13.5. The highest BCUT2D eigenvalue weighted by Gasteiger charge is 2.29. The maximum Gasteiger partial charge on any atom is 0.205 e. The van der Waals surface area contributed by atoms with Gasteiger partial charge in [0.25, 0.3) is 0 Å². The van der Waals surface area contributed by atoms with E-state index in [0.29, 0.717) is 12.0 Å². The van der Waals surface area contributed by atoms with E-state index >= 15 is 0 Å². The van der Waals surface area contributed by atoms with E-state index in [-0.39, 0.29) is 0 Å². The molecule has 3 heterocycles. The molecule has 2 fully saturated rings. The SMILES string of the molecule is Cc1csc(NC2CCN(c3nc(C4CC4)ns3)CC2)n1. The summed E-state index contributed by atoms with van der Waals surface area (Å²) in [6.07, 6.45) is 4.82. The van der Waals surface area contributed by atoms with Gasteiger partial charge in [-0.05, 0) is 32.6 Å². The van der Waals surface area contributed by atoms with Crippen molar-refractivity contribution in [3.05, 3.63) is 16.9 Å². The third kappa shape index (κ3) is 3.03. The minimum atomic E-state index is 0.530. The van der Waals surface area contributed by atoms with Crippen LogP contribution < -0.4 is 10.2 Å². The lowest BCUT2D eigenvalue weighted by Gasteiger charge is -2.31. The molecule has 1 aliphatic heterocycles. The molecule has 0 atom stereocenters. The Morgan fingerprint density at radius 1 is 1.19 bits per heavy atom. The first-order chi connectivity index (χ1) is 10.3. The second-order valence-electron chi connectivity index (χ2n) is 5.91. The molecule has 2 aromatic rings. The van der Waals surface area contributed by atoms with E-state index in [4.69, 9.17) is 4.98 Å². The molecule has 112 valence electrons. The predicted octanol–water partition coefficient (Wildman–Crippen LogP) is 3.26. The number of thiazole rings is 1. The Hall–Kier alpha value is -1.21. The number of hydrogen-bond acceptors (Lipinski definition) is 7. The zero-order valence-corrected chi connectivity index (χ0v) is 13.7. The van der Waals surface area contributed by atoms with Gasteiger partial charge < -0.3 is 10.2 Å². The fourth-order valence-corrected chi connectivity index (χ4v) is 4.24. The van der Waals surface area contributed by atoms with Gasteiger partial charge in [-0.1, -0.05) is 0 Å². The molecule has 21 heavy (non-hydrogen) atoms. The van der Waals surface area contributed by atoms with Crippen LogP contribution in [0.5, 0.6) is 0 Å². The molecule has 7 heteroatoms. The number of aromatic nitrogens is 3. The third-order valence-electron chi connectivity index (χ3n) is 4.09. The van der Waals surface area contributed by atoms with Crippen LogP contribution >= 0.6 is 22.9 Å². The van der Waals surface area contributed by atoms with Gasteiger partial charge >= 0.3 is 0 Å². The highest BCUT2D eigenvalue weighted by molar-refractivity contribution is 7.13. The Morgan fingerprint density at radius 2 is 2.00 bits per heavy atom. The standard InChI is InChI=1S/C14H19N5S2/c1-9-8-20-13(15-9)16-11-4-6-19(7-5-11)14-17-12(18-21-14)10-2-3-10/h8,10-11H,2-7H2,1H3,(H,15,16). The Kier molecular flexibility index (Phi) is 3.54. The number of nitrogens with zero attached hydrogens (tertiary/aromatic N) is 4. The summed E-state index contributed by atoms with van der Waals surface area (Å²) in [5.41, 5.74) is 1.10. The van der Waals surface area contributed by atoms with E-state index in [9.17, 15) is 0 Å². The van der Waals surface area contributed by atoms with E-state index in [1.54, 1.807) is 22.9 Å². The molecule has 1 aliphatic carbocycles. The third-order valence-corrected chi connectivity index (χ3v) is 5.77. The number of anilines is 2. The van der Waals surface area contributed by atoms with Gasteiger partial charge in [0.2, 0.25) is 5.13 Å². The van der Waals surface area contributed by atoms with Crippen molar-refractivity contribution in [2.24, 2.45) is 0 Å².